The third-order valence-electron chi connectivity index (χ3n) is 8.06. The Bertz CT molecular complexity index is 1030. The van der Waals surface area contributed by atoms with Crippen LogP contribution in [0.2, 0.25) is 0 Å². The molecule has 2 fully saturated rings. The summed E-state index contributed by atoms with van der Waals surface area (Å²) in [6, 6.07) is 15.0. The van der Waals surface area contributed by atoms with Crippen LogP contribution in [0.15, 0.2) is 48.5 Å². The number of benzene rings is 2. The normalized spacial score (nSPS) is 32.7. The van der Waals surface area contributed by atoms with Crippen LogP contribution in [0, 0.1) is 17.3 Å². The van der Waals surface area contributed by atoms with Gasteiger partial charge in [-0.1, -0.05) is 43.3 Å². The molecule has 0 aliphatic heterocycles. The van der Waals surface area contributed by atoms with E-state index in [9.17, 15) is 13.5 Å². The average molecular weight is 427 g/mol. The maximum atomic E-state index is 12.5. The van der Waals surface area contributed by atoms with Crippen molar-refractivity contribution in [2.24, 2.45) is 17.3 Å². The largest absolute Gasteiger partial charge is 0.393 e. The lowest BCUT2D eigenvalue weighted by Gasteiger charge is -2.50. The van der Waals surface area contributed by atoms with Gasteiger partial charge in [0.25, 0.3) is 0 Å². The minimum Gasteiger partial charge on any atom is -0.393 e. The molecule has 0 saturated heterocycles. The van der Waals surface area contributed by atoms with Crippen molar-refractivity contribution in [2.45, 2.75) is 63.2 Å². The fourth-order valence-corrected chi connectivity index (χ4v) is 7.59. The summed E-state index contributed by atoms with van der Waals surface area (Å²) in [7, 11) is -3.69. The number of aliphatic hydroxyl groups is 1. The van der Waals surface area contributed by atoms with Crippen molar-refractivity contribution < 1.29 is 17.7 Å². The van der Waals surface area contributed by atoms with Gasteiger partial charge in [-0.2, -0.15) is 8.42 Å². The molecule has 2 aromatic carbocycles. The van der Waals surface area contributed by atoms with Crippen molar-refractivity contribution in [3.63, 3.8) is 0 Å². The van der Waals surface area contributed by atoms with E-state index in [4.69, 9.17) is 4.18 Å². The summed E-state index contributed by atoms with van der Waals surface area (Å²) in [6.45, 7) is 2.29. The van der Waals surface area contributed by atoms with Gasteiger partial charge in [-0.05, 0) is 90.5 Å². The van der Waals surface area contributed by atoms with Crippen LogP contribution in [-0.4, -0.2) is 19.6 Å². The molecule has 4 nitrogen and oxygen atoms in total. The molecule has 2 saturated carbocycles. The molecule has 0 amide bonds. The first-order chi connectivity index (χ1) is 14.4. The fourth-order valence-electron chi connectivity index (χ4n) is 6.54. The summed E-state index contributed by atoms with van der Waals surface area (Å²) in [4.78, 5) is 0. The van der Waals surface area contributed by atoms with E-state index in [0.717, 1.165) is 44.1 Å². The Morgan fingerprint density at radius 3 is 2.67 bits per heavy atom. The van der Waals surface area contributed by atoms with Gasteiger partial charge in [0.1, 0.15) is 11.5 Å². The molecule has 0 heterocycles. The van der Waals surface area contributed by atoms with Crippen molar-refractivity contribution in [1.82, 2.24) is 0 Å². The lowest BCUT2D eigenvalue weighted by atomic mass is 9.55. The second-order valence-corrected chi connectivity index (χ2v) is 11.3. The number of fused-ring (bicyclic) bond motifs is 5. The smallest absolute Gasteiger partial charge is 0.313 e. The molecule has 5 atom stereocenters. The second-order valence-electron chi connectivity index (χ2n) is 9.68. The van der Waals surface area contributed by atoms with Crippen LogP contribution in [0.25, 0.3) is 0 Å². The highest BCUT2D eigenvalue weighted by molar-refractivity contribution is 7.86. The van der Waals surface area contributed by atoms with Crippen LogP contribution >= 0.6 is 0 Å². The number of aliphatic hydroxyl groups excluding tert-OH is 1. The third-order valence-corrected chi connectivity index (χ3v) is 9.19. The monoisotopic (exact) mass is 426 g/mol. The van der Waals surface area contributed by atoms with E-state index in [-0.39, 0.29) is 17.3 Å². The molecule has 0 unspecified atom stereocenters. The zero-order valence-electron chi connectivity index (χ0n) is 17.5. The SMILES string of the molecule is C[C@]12CC[C@@H]3c4ccc(OS(=O)(=O)Cc5ccccc5)cc4CC[C@H]3[C@@H]1CC[C@@H]2O. The molecule has 0 bridgehead atoms. The molecule has 2 aromatic rings. The summed E-state index contributed by atoms with van der Waals surface area (Å²) in [5.74, 6) is 2.04. The fraction of sp³-hybridized carbons (Fsp3) is 0.520. The minimum absolute atomic E-state index is 0.0766. The molecular formula is C25H30O4S. The second kappa shape index (κ2) is 7.38. The molecule has 0 aromatic heterocycles. The van der Waals surface area contributed by atoms with Gasteiger partial charge in [0.05, 0.1) is 6.10 Å². The van der Waals surface area contributed by atoms with Gasteiger partial charge in [-0.25, -0.2) is 0 Å². The van der Waals surface area contributed by atoms with Gasteiger partial charge < -0.3 is 9.29 Å². The van der Waals surface area contributed by atoms with Crippen LogP contribution in [-0.2, 0) is 22.3 Å². The van der Waals surface area contributed by atoms with E-state index in [1.165, 1.54) is 11.1 Å². The first kappa shape index (κ1) is 20.1. The van der Waals surface area contributed by atoms with E-state index in [2.05, 4.69) is 13.0 Å². The molecule has 5 rings (SSSR count). The van der Waals surface area contributed by atoms with Gasteiger partial charge in [0, 0.05) is 0 Å². The van der Waals surface area contributed by atoms with E-state index in [1.54, 1.807) is 12.1 Å². The van der Waals surface area contributed by atoms with E-state index in [1.807, 2.05) is 30.3 Å². The third kappa shape index (κ3) is 3.46. The lowest BCUT2D eigenvalue weighted by Crippen LogP contribution is -2.43. The van der Waals surface area contributed by atoms with Gasteiger partial charge in [-0.3, -0.25) is 0 Å². The predicted molar refractivity (Wildman–Crippen MR) is 117 cm³/mol. The molecule has 160 valence electrons. The van der Waals surface area contributed by atoms with Crippen LogP contribution in [0.1, 0.15) is 61.6 Å². The van der Waals surface area contributed by atoms with Gasteiger partial charge in [-0.15, -0.1) is 0 Å². The van der Waals surface area contributed by atoms with Gasteiger partial charge in [0.15, 0.2) is 0 Å². The highest BCUT2D eigenvalue weighted by Crippen LogP contribution is 2.60. The van der Waals surface area contributed by atoms with Crippen LogP contribution in [0.4, 0.5) is 0 Å². The van der Waals surface area contributed by atoms with Crippen LogP contribution < -0.4 is 4.18 Å². The number of rotatable bonds is 4. The molecule has 3 aliphatic rings. The highest BCUT2D eigenvalue weighted by atomic mass is 32.2. The average Bonchev–Trinajstić information content (AvgIpc) is 3.02. The molecule has 30 heavy (non-hydrogen) atoms. The van der Waals surface area contributed by atoms with Crippen LogP contribution in [0.3, 0.4) is 0 Å². The standard InChI is InChI=1S/C25H30O4S/c1-25-14-13-21-20-10-8-19(29-30(27,28)16-17-5-3-2-4-6-17)15-18(20)7-9-22(21)23(25)11-12-24(25)26/h2-6,8,10,15,21-24,26H,7,9,11-14,16H2,1H3/t21-,22-,23+,24+,25+/m1/s1. The van der Waals surface area contributed by atoms with Crippen molar-refractivity contribution in [3.8, 4) is 5.75 Å². The van der Waals surface area contributed by atoms with E-state index >= 15 is 0 Å². The summed E-state index contributed by atoms with van der Waals surface area (Å²) in [6.07, 6.45) is 6.16. The Labute approximate surface area is 179 Å². The summed E-state index contributed by atoms with van der Waals surface area (Å²) >= 11 is 0. The lowest BCUT2D eigenvalue weighted by molar-refractivity contribution is -0.0226. The summed E-state index contributed by atoms with van der Waals surface area (Å²) in [5.41, 5.74) is 3.39. The number of aryl methyl sites for hydroxylation is 1. The molecule has 0 spiro atoms. The van der Waals surface area contributed by atoms with Crippen LogP contribution in [0.5, 0.6) is 5.75 Å². The highest BCUT2D eigenvalue weighted by Gasteiger charge is 2.54. The molecule has 0 radical (unpaired) electrons. The van der Waals surface area contributed by atoms with Gasteiger partial charge >= 0.3 is 10.1 Å². The molecule has 1 N–H and O–H groups in total. The Kier molecular flexibility index (Phi) is 4.94. The minimum atomic E-state index is -3.69. The summed E-state index contributed by atoms with van der Waals surface area (Å²) < 4.78 is 30.5. The number of hydrogen-bond acceptors (Lipinski definition) is 4. The van der Waals surface area contributed by atoms with Crippen molar-refractivity contribution in [2.75, 3.05) is 0 Å². The van der Waals surface area contributed by atoms with Crippen molar-refractivity contribution in [1.29, 1.82) is 0 Å². The topological polar surface area (TPSA) is 63.6 Å². The maximum absolute atomic E-state index is 12.5. The first-order valence-corrected chi connectivity index (χ1v) is 12.7. The zero-order valence-corrected chi connectivity index (χ0v) is 18.3. The number of hydrogen-bond donors (Lipinski definition) is 1. The van der Waals surface area contributed by atoms with Crippen molar-refractivity contribution >= 4 is 10.1 Å². The van der Waals surface area contributed by atoms with Crippen molar-refractivity contribution in [3.05, 3.63) is 65.2 Å². The predicted octanol–water partition coefficient (Wildman–Crippen LogP) is 4.81. The first-order valence-electron chi connectivity index (χ1n) is 11.1. The maximum Gasteiger partial charge on any atom is 0.313 e. The van der Waals surface area contributed by atoms with E-state index < -0.39 is 10.1 Å². The quantitative estimate of drug-likeness (QED) is 0.713. The molecular weight excluding hydrogens is 396 g/mol. The molecule has 5 heteroatoms. The van der Waals surface area contributed by atoms with E-state index in [0.29, 0.717) is 23.5 Å². The Morgan fingerprint density at radius 2 is 1.87 bits per heavy atom. The molecule has 3 aliphatic carbocycles. The Balaban J connectivity index is 1.35. The van der Waals surface area contributed by atoms with Gasteiger partial charge in [0.2, 0.25) is 0 Å². The Hall–Kier alpha value is -1.85. The summed E-state index contributed by atoms with van der Waals surface area (Å²) in [5, 5.41) is 10.5. The Morgan fingerprint density at radius 1 is 1.07 bits per heavy atom. The zero-order chi connectivity index (χ0) is 20.9.